The predicted octanol–water partition coefficient (Wildman–Crippen LogP) is -1.05. The molecule has 1 atom stereocenters. The largest absolute Gasteiger partial charge is 0.390 e. The number of nitrogens with two attached hydrogens (primary N) is 1. The van der Waals surface area contributed by atoms with Crippen molar-refractivity contribution in [3.8, 4) is 12.1 Å². The average molecular weight is 191 g/mol. The van der Waals surface area contributed by atoms with Crippen molar-refractivity contribution in [1.29, 1.82) is 10.5 Å². The van der Waals surface area contributed by atoms with Gasteiger partial charge in [0.1, 0.15) is 12.1 Å². The van der Waals surface area contributed by atoms with Gasteiger partial charge in [0.05, 0.1) is 19.0 Å². The molecule has 14 heavy (non-hydrogen) atoms. The van der Waals surface area contributed by atoms with Crippen molar-refractivity contribution in [3.05, 3.63) is 17.7 Å². The van der Waals surface area contributed by atoms with Crippen molar-refractivity contribution in [2.24, 2.45) is 5.73 Å². The van der Waals surface area contributed by atoms with Crippen LogP contribution in [0.1, 0.15) is 11.4 Å². The minimum absolute atomic E-state index is 0.0664. The van der Waals surface area contributed by atoms with Gasteiger partial charge in [-0.2, -0.15) is 10.5 Å². The quantitative estimate of drug-likeness (QED) is 0.632. The minimum atomic E-state index is -0.733. The molecule has 0 unspecified atom stereocenters. The fraction of sp³-hybridized carbons (Fsp3) is 0.375. The number of rotatable bonds is 3. The van der Waals surface area contributed by atoms with Crippen molar-refractivity contribution in [1.82, 2.24) is 9.55 Å². The lowest BCUT2D eigenvalue weighted by Crippen LogP contribution is -2.25. The average Bonchev–Trinajstić information content (AvgIpc) is 2.59. The lowest BCUT2D eigenvalue weighted by molar-refractivity contribution is 0.162. The van der Waals surface area contributed by atoms with Gasteiger partial charge in [-0.05, 0) is 0 Å². The molecule has 1 aromatic rings. The van der Waals surface area contributed by atoms with Gasteiger partial charge in [-0.3, -0.25) is 0 Å². The van der Waals surface area contributed by atoms with Crippen molar-refractivity contribution >= 4 is 0 Å². The molecule has 1 heterocycles. The molecule has 0 spiro atoms. The Morgan fingerprint density at radius 2 is 2.29 bits per heavy atom. The second-order valence-electron chi connectivity index (χ2n) is 2.71. The highest BCUT2D eigenvalue weighted by molar-refractivity contribution is 5.36. The van der Waals surface area contributed by atoms with E-state index in [1.165, 1.54) is 10.9 Å². The first kappa shape index (κ1) is 10.2. The monoisotopic (exact) mass is 191 g/mol. The summed E-state index contributed by atoms with van der Waals surface area (Å²) in [6.45, 7) is 0.277. The Hall–Kier alpha value is -1.89. The Morgan fingerprint density at radius 1 is 1.57 bits per heavy atom. The van der Waals surface area contributed by atoms with Crippen molar-refractivity contribution < 1.29 is 5.11 Å². The Morgan fingerprint density at radius 3 is 2.79 bits per heavy atom. The van der Waals surface area contributed by atoms with Crippen molar-refractivity contribution in [2.75, 3.05) is 6.54 Å². The molecule has 0 aliphatic heterocycles. The van der Waals surface area contributed by atoms with E-state index in [9.17, 15) is 5.11 Å². The molecule has 0 fully saturated rings. The summed E-state index contributed by atoms with van der Waals surface area (Å²) in [6.07, 6.45) is 0.610. The second-order valence-corrected chi connectivity index (χ2v) is 2.71. The molecule has 0 saturated carbocycles. The first-order chi connectivity index (χ1) is 6.72. The molecule has 1 aromatic heterocycles. The number of hydrogen-bond acceptors (Lipinski definition) is 5. The molecule has 1 rings (SSSR count). The molecule has 0 radical (unpaired) electrons. The van der Waals surface area contributed by atoms with E-state index < -0.39 is 6.10 Å². The second kappa shape index (κ2) is 4.38. The maximum absolute atomic E-state index is 9.25. The van der Waals surface area contributed by atoms with E-state index in [1.54, 1.807) is 6.07 Å². The molecule has 0 saturated heterocycles. The van der Waals surface area contributed by atoms with E-state index in [4.69, 9.17) is 16.3 Å². The van der Waals surface area contributed by atoms with Crippen LogP contribution in [0.5, 0.6) is 0 Å². The lowest BCUT2D eigenvalue weighted by atomic mass is 10.3. The Bertz CT molecular complexity index is 397. The number of imidazole rings is 1. The van der Waals surface area contributed by atoms with Gasteiger partial charge >= 0.3 is 0 Å². The number of nitrogens with zero attached hydrogens (tertiary/aromatic N) is 4. The Balaban J connectivity index is 2.95. The van der Waals surface area contributed by atoms with E-state index in [0.29, 0.717) is 0 Å². The highest BCUT2D eigenvalue weighted by Gasteiger charge is 2.12. The fourth-order valence-electron chi connectivity index (χ4n) is 1.02. The minimum Gasteiger partial charge on any atom is -0.390 e. The summed E-state index contributed by atoms with van der Waals surface area (Å²) in [6, 6.07) is 3.64. The van der Waals surface area contributed by atoms with E-state index >= 15 is 0 Å². The van der Waals surface area contributed by atoms with Crippen LogP contribution in [0.15, 0.2) is 6.33 Å². The van der Waals surface area contributed by atoms with Crippen LogP contribution in [-0.2, 0) is 6.54 Å². The molecule has 0 aliphatic rings. The van der Waals surface area contributed by atoms with Gasteiger partial charge in [-0.15, -0.1) is 0 Å². The molecule has 0 aromatic carbocycles. The molecular weight excluding hydrogens is 182 g/mol. The molecule has 6 nitrogen and oxygen atoms in total. The number of nitriles is 2. The van der Waals surface area contributed by atoms with E-state index in [0.717, 1.165) is 0 Å². The zero-order valence-electron chi connectivity index (χ0n) is 7.38. The zero-order valence-corrected chi connectivity index (χ0v) is 7.38. The zero-order chi connectivity index (χ0) is 10.6. The molecule has 6 heteroatoms. The third-order valence-electron chi connectivity index (χ3n) is 1.73. The van der Waals surface area contributed by atoms with E-state index in [-0.39, 0.29) is 24.5 Å². The molecular formula is C8H9N5O. The first-order valence-electron chi connectivity index (χ1n) is 3.96. The summed E-state index contributed by atoms with van der Waals surface area (Å²) in [5.41, 5.74) is 5.44. The van der Waals surface area contributed by atoms with Gasteiger partial charge < -0.3 is 15.4 Å². The van der Waals surface area contributed by atoms with Crippen molar-refractivity contribution in [3.63, 3.8) is 0 Å². The van der Waals surface area contributed by atoms with Crippen LogP contribution >= 0.6 is 0 Å². The van der Waals surface area contributed by atoms with Crippen LogP contribution in [0, 0.1) is 22.7 Å². The molecule has 0 aliphatic carbocycles. The normalized spacial score (nSPS) is 11.7. The molecule has 72 valence electrons. The summed E-state index contributed by atoms with van der Waals surface area (Å²) >= 11 is 0. The molecule has 0 bridgehead atoms. The topological polar surface area (TPSA) is 112 Å². The predicted molar refractivity (Wildman–Crippen MR) is 46.7 cm³/mol. The summed E-state index contributed by atoms with van der Waals surface area (Å²) in [4.78, 5) is 3.72. The number of aliphatic hydroxyl groups excluding tert-OH is 1. The number of hydrogen-bond donors (Lipinski definition) is 2. The van der Waals surface area contributed by atoms with Gasteiger partial charge in [-0.1, -0.05) is 0 Å². The summed E-state index contributed by atoms with van der Waals surface area (Å²) in [5, 5.41) is 26.6. The van der Waals surface area contributed by atoms with E-state index in [1.807, 2.05) is 6.07 Å². The third-order valence-corrected chi connectivity index (χ3v) is 1.73. The fourth-order valence-corrected chi connectivity index (χ4v) is 1.02. The van der Waals surface area contributed by atoms with Crippen LogP contribution in [-0.4, -0.2) is 27.3 Å². The maximum Gasteiger partial charge on any atom is 0.176 e. The van der Waals surface area contributed by atoms with Crippen LogP contribution in [0.3, 0.4) is 0 Å². The van der Waals surface area contributed by atoms with Gasteiger partial charge in [0, 0.05) is 6.54 Å². The number of aliphatic hydroxyl groups is 1. The SMILES string of the molecule is N#Cc1ncn(C[C@@H](O)CN)c1C#N. The van der Waals surface area contributed by atoms with Gasteiger partial charge in [-0.25, -0.2) is 4.98 Å². The standard InChI is InChI=1S/C8H9N5O/c9-1-6(14)4-13-5-12-7(2-10)8(13)3-11/h5-6,14H,1,4,9H2/t6-/m0/s1. The van der Waals surface area contributed by atoms with Gasteiger partial charge in [0.2, 0.25) is 0 Å². The van der Waals surface area contributed by atoms with Crippen LogP contribution < -0.4 is 5.73 Å². The third kappa shape index (κ3) is 1.88. The lowest BCUT2D eigenvalue weighted by Gasteiger charge is -2.08. The molecule has 0 amide bonds. The first-order valence-corrected chi connectivity index (χ1v) is 3.96. The van der Waals surface area contributed by atoms with Crippen LogP contribution in [0.25, 0.3) is 0 Å². The molecule has 3 N–H and O–H groups in total. The smallest absolute Gasteiger partial charge is 0.176 e. The van der Waals surface area contributed by atoms with Crippen LogP contribution in [0.2, 0.25) is 0 Å². The van der Waals surface area contributed by atoms with Crippen molar-refractivity contribution in [2.45, 2.75) is 12.6 Å². The van der Waals surface area contributed by atoms with Gasteiger partial charge in [0.25, 0.3) is 0 Å². The Labute approximate surface area is 80.8 Å². The summed E-state index contributed by atoms with van der Waals surface area (Å²) in [7, 11) is 0. The van der Waals surface area contributed by atoms with Gasteiger partial charge in [0.15, 0.2) is 11.4 Å². The van der Waals surface area contributed by atoms with Crippen LogP contribution in [0.4, 0.5) is 0 Å². The highest BCUT2D eigenvalue weighted by atomic mass is 16.3. The van der Waals surface area contributed by atoms with E-state index in [2.05, 4.69) is 4.98 Å². The Kier molecular flexibility index (Phi) is 3.19. The summed E-state index contributed by atoms with van der Waals surface area (Å²) < 4.78 is 1.41. The summed E-state index contributed by atoms with van der Waals surface area (Å²) in [5.74, 6) is 0. The number of aromatic nitrogens is 2. The maximum atomic E-state index is 9.25. The highest BCUT2D eigenvalue weighted by Crippen LogP contribution is 2.05.